The summed E-state index contributed by atoms with van der Waals surface area (Å²) in [5.41, 5.74) is 2.46. The maximum atomic E-state index is 11.7. The summed E-state index contributed by atoms with van der Waals surface area (Å²) in [5.74, 6) is 0.419. The highest BCUT2D eigenvalue weighted by Crippen LogP contribution is 2.48. The van der Waals surface area contributed by atoms with Crippen molar-refractivity contribution in [3.8, 4) is 16.4 Å². The van der Waals surface area contributed by atoms with Gasteiger partial charge in [-0.15, -0.1) is 0 Å². The fourth-order valence-electron chi connectivity index (χ4n) is 11.0. The second kappa shape index (κ2) is 51.7. The Balaban J connectivity index is 0.000000490. The van der Waals surface area contributed by atoms with Gasteiger partial charge in [0.1, 0.15) is 41.9 Å². The van der Waals surface area contributed by atoms with Gasteiger partial charge in [-0.25, -0.2) is 25.3 Å². The molecule has 0 bridgehead atoms. The largest absolute Gasteiger partial charge is 0.744 e. The van der Waals surface area contributed by atoms with E-state index in [0.29, 0.717) is 37.5 Å². The van der Waals surface area contributed by atoms with E-state index >= 15 is 0 Å². The van der Waals surface area contributed by atoms with E-state index in [1.165, 1.54) is 114 Å². The standard InChI is InChI=1S/C20H17OS.C19H17S.C18H15S.C15H22O6S.C12H16O5S.C10H14O3S.6CH4/c21-14-13-15-9-11-16(12-10-15)22-19-7-3-1-5-17(19)18-6-2-4-8-20(18)22;1-16-12-14-19(15-13-16)20(17-8-4-2-5-9-17)18-10-6-3-7-11-18;1-4-10-16(11-5-1)19(17-12-6-2-7-13-17)18-14-8-3-9-15-18;1-4-15(2,3)14(16)21-11-5-10-20-12-6-8-13(9-7-12)22(17,18)19;1-4-12(2,3)11(13)17-9-5-7-10(8-6-9)18(14,15)16;1-3-8(2)9-4-6-10(7-5-9)14(11,12)13;;;;;;/h1-12,21H,13-14H2;2-15H,1H3;1-15H;6-9H,4-5,10-11H2,1-3H3,(H,17,18,19);5-8H,4H2,1-3H3,(H,14,15,16);4-8H,3H2,1-2H3,(H,11,12,13);6*1H4/q3*+1;;;;;;;;;/p-3. The Bertz CT molecular complexity index is 5320. The maximum absolute atomic E-state index is 11.7. The van der Waals surface area contributed by atoms with E-state index in [-0.39, 0.29) is 116 Å². The van der Waals surface area contributed by atoms with Crippen LogP contribution in [0.4, 0.5) is 0 Å². The molecular formula is C100H122O15S6. The van der Waals surface area contributed by atoms with Crippen LogP contribution in [-0.2, 0) is 72.9 Å². The number of aliphatic hydroxyl groups excluding tert-OH is 1. The molecule has 648 valence electrons. The molecule has 0 fully saturated rings. The first kappa shape index (κ1) is 107. The van der Waals surface area contributed by atoms with Crippen molar-refractivity contribution in [3.05, 3.63) is 338 Å². The van der Waals surface area contributed by atoms with Crippen molar-refractivity contribution in [2.75, 3.05) is 19.8 Å². The molecule has 1 unspecified atom stereocenters. The van der Waals surface area contributed by atoms with E-state index in [9.17, 15) is 48.5 Å². The van der Waals surface area contributed by atoms with Crippen LogP contribution in [0.25, 0.3) is 25.1 Å². The number of thiophene rings is 1. The molecule has 121 heavy (non-hydrogen) atoms. The van der Waals surface area contributed by atoms with Crippen LogP contribution in [0.2, 0.25) is 0 Å². The lowest BCUT2D eigenvalue weighted by Gasteiger charge is -2.20. The minimum absolute atomic E-state index is 0. The topological polar surface area (TPSA) is 254 Å². The average molecular weight is 1760 g/mol. The first-order chi connectivity index (χ1) is 55.0. The van der Waals surface area contributed by atoms with Crippen molar-refractivity contribution < 1.29 is 67.8 Å². The Morgan fingerprint density at radius 1 is 0.405 bits per heavy atom. The fourth-order valence-corrected chi connectivity index (χ4v) is 19.0. The second-order valence-corrected chi connectivity index (χ2v) is 37.9. The number of aliphatic hydroxyl groups is 1. The van der Waals surface area contributed by atoms with E-state index < -0.39 is 47.2 Å². The normalized spacial score (nSPS) is 11.1. The molecule has 1 N–H and O–H groups in total. The third kappa shape index (κ3) is 32.4. The summed E-state index contributed by atoms with van der Waals surface area (Å²) in [4.78, 5) is 32.2. The number of carbonyl (C=O) groups excluding carboxylic acids is 2. The molecule has 1 atom stereocenters. The summed E-state index contributed by atoms with van der Waals surface area (Å²) >= 11 is 0. The predicted octanol–water partition coefficient (Wildman–Crippen LogP) is 25.3. The minimum atomic E-state index is -4.47. The number of rotatable bonds is 24. The minimum Gasteiger partial charge on any atom is -0.744 e. The Morgan fingerprint density at radius 3 is 1.07 bits per heavy atom. The molecular weight excluding hydrogens is 1630 g/mol. The lowest BCUT2D eigenvalue weighted by molar-refractivity contribution is -0.154. The molecule has 13 rings (SSSR count). The van der Waals surface area contributed by atoms with Gasteiger partial charge < -0.3 is 33.0 Å². The fraction of sp³-hybridized carbons (Fsp3) is 0.260. The molecule has 1 aromatic heterocycles. The molecule has 13 aromatic rings. The van der Waals surface area contributed by atoms with E-state index in [0.717, 1.165) is 30.5 Å². The van der Waals surface area contributed by atoms with Gasteiger partial charge >= 0.3 is 11.9 Å². The zero-order valence-corrected chi connectivity index (χ0v) is 70.8. The van der Waals surface area contributed by atoms with Crippen molar-refractivity contribution in [2.24, 2.45) is 10.8 Å². The SMILES string of the molecule is C.C.C.C.C.C.CCC(C)(C)C(=O)OCCCOc1ccc(S(=O)(=O)[O-])cc1.CCC(C)(C)C(=O)Oc1ccc(S(=O)(=O)[O-])cc1.CCC(C)c1ccc(S(=O)(=O)[O-])cc1.Cc1ccc([S+](c2ccccc2)c2ccccc2)cc1.OCCc1ccc(-[s+]2c3ccccc3c3ccccc32)cc1.c1ccc([S+](c2ccccc2)c2ccccc2)cc1. The third-order valence-electron chi connectivity index (χ3n) is 18.7. The Morgan fingerprint density at radius 2 is 0.727 bits per heavy atom. The molecule has 0 amide bonds. The van der Waals surface area contributed by atoms with Crippen LogP contribution in [0.15, 0.2) is 366 Å². The summed E-state index contributed by atoms with van der Waals surface area (Å²) in [5, 5.41) is 11.8. The van der Waals surface area contributed by atoms with E-state index in [4.69, 9.17) is 19.3 Å². The van der Waals surface area contributed by atoms with E-state index in [2.05, 4.69) is 269 Å². The van der Waals surface area contributed by atoms with Gasteiger partial charge in [-0.3, -0.25) is 9.59 Å². The van der Waals surface area contributed by atoms with Gasteiger partial charge in [0.05, 0.1) is 60.5 Å². The number of hydrogen-bond donors (Lipinski definition) is 1. The molecule has 0 spiro atoms. The monoisotopic (exact) mass is 1750 g/mol. The lowest BCUT2D eigenvalue weighted by atomic mass is 9.91. The van der Waals surface area contributed by atoms with Crippen molar-refractivity contribution in [1.82, 2.24) is 0 Å². The van der Waals surface area contributed by atoms with Gasteiger partial charge in [0.25, 0.3) is 0 Å². The predicted molar refractivity (Wildman–Crippen MR) is 501 cm³/mol. The maximum Gasteiger partial charge on any atom is 0.316 e. The van der Waals surface area contributed by atoms with Gasteiger partial charge in [-0.1, -0.05) is 229 Å². The third-order valence-corrected chi connectivity index (χ3v) is 28.0. The number of aryl methyl sites for hydroxylation is 1. The number of carbonyl (C=O) groups is 2. The Labute approximate surface area is 731 Å². The quantitative estimate of drug-likeness (QED) is 0.0194. The van der Waals surface area contributed by atoms with Gasteiger partial charge in [0.2, 0.25) is 0 Å². The molecule has 12 aromatic carbocycles. The molecule has 15 nitrogen and oxygen atoms in total. The first-order valence-corrected chi connectivity index (χ1v) is 45.5. The van der Waals surface area contributed by atoms with Crippen LogP contribution in [0.3, 0.4) is 0 Å². The Hall–Kier alpha value is -10.0. The van der Waals surface area contributed by atoms with Gasteiger partial charge in [-0.05, 0) is 247 Å². The molecule has 0 aliphatic heterocycles. The summed E-state index contributed by atoms with van der Waals surface area (Å²) in [6.45, 7) is 18.0. The average Bonchev–Trinajstić information content (AvgIpc) is 1.60. The second-order valence-electron chi connectivity index (χ2n) is 27.8. The van der Waals surface area contributed by atoms with Gasteiger partial charge in [-0.2, -0.15) is 0 Å². The van der Waals surface area contributed by atoms with Crippen LogP contribution in [0.1, 0.15) is 148 Å². The van der Waals surface area contributed by atoms with Crippen molar-refractivity contribution in [2.45, 2.75) is 189 Å². The van der Waals surface area contributed by atoms with Gasteiger partial charge in [0.15, 0.2) is 43.7 Å². The number of benzene rings is 12. The molecule has 0 saturated carbocycles. The lowest BCUT2D eigenvalue weighted by Crippen LogP contribution is -2.28. The molecule has 0 aliphatic carbocycles. The summed E-state index contributed by atoms with van der Waals surface area (Å²) in [6, 6.07) is 105. The Kier molecular flexibility index (Phi) is 45.7. The number of ether oxygens (including phenoxy) is 3. The van der Waals surface area contributed by atoms with Crippen LogP contribution in [-0.4, -0.2) is 75.8 Å². The molecule has 0 saturated heterocycles. The van der Waals surface area contributed by atoms with E-state index in [1.807, 2.05) is 27.7 Å². The van der Waals surface area contributed by atoms with Crippen molar-refractivity contribution >= 4 is 94.7 Å². The highest BCUT2D eigenvalue weighted by molar-refractivity contribution is 7.97. The van der Waals surface area contributed by atoms with Crippen molar-refractivity contribution in [1.29, 1.82) is 0 Å². The summed E-state index contributed by atoms with van der Waals surface area (Å²) in [6.07, 6.45) is 3.56. The molecule has 0 radical (unpaired) electrons. The van der Waals surface area contributed by atoms with Crippen LogP contribution in [0, 0.1) is 17.8 Å². The molecule has 21 heteroatoms. The van der Waals surface area contributed by atoms with Crippen LogP contribution in [0.5, 0.6) is 11.5 Å². The van der Waals surface area contributed by atoms with Gasteiger partial charge in [0, 0.05) is 34.3 Å². The number of fused-ring (bicyclic) bond motifs is 3. The number of esters is 2. The highest BCUT2D eigenvalue weighted by Gasteiger charge is 2.31. The zero-order chi connectivity index (χ0) is 83.2. The highest BCUT2D eigenvalue weighted by atomic mass is 32.2. The van der Waals surface area contributed by atoms with E-state index in [1.54, 1.807) is 26.0 Å². The smallest absolute Gasteiger partial charge is 0.316 e. The summed E-state index contributed by atoms with van der Waals surface area (Å²) in [7, 11) is -13.3. The summed E-state index contributed by atoms with van der Waals surface area (Å²) < 4.78 is 115. The van der Waals surface area contributed by atoms with Crippen molar-refractivity contribution in [3.63, 3.8) is 0 Å². The zero-order valence-electron chi connectivity index (χ0n) is 65.9. The van der Waals surface area contributed by atoms with Crippen LogP contribution >= 0.6 is 10.5 Å². The molecule has 0 aliphatic rings. The first-order valence-electron chi connectivity index (χ1n) is 37.6. The molecule has 1 heterocycles. The number of hydrogen-bond acceptors (Lipinski definition) is 15. The van der Waals surface area contributed by atoms with Crippen LogP contribution < -0.4 is 9.47 Å².